The van der Waals surface area contributed by atoms with Crippen LogP contribution in [0.2, 0.25) is 10.0 Å². The van der Waals surface area contributed by atoms with E-state index in [9.17, 15) is 4.79 Å². The summed E-state index contributed by atoms with van der Waals surface area (Å²) in [7, 11) is 0. The number of carbonyl (C=O) groups is 1. The molecule has 0 aliphatic rings. The molecule has 1 aromatic heterocycles. The number of halogens is 2. The van der Waals surface area contributed by atoms with Gasteiger partial charge in [-0.05, 0) is 35.2 Å². The largest absolute Gasteiger partial charge is 0.333 e. The molecule has 0 radical (unpaired) electrons. The summed E-state index contributed by atoms with van der Waals surface area (Å²) in [4.78, 5) is 19.9. The van der Waals surface area contributed by atoms with Crippen LogP contribution < -0.4 is 0 Å². The molecule has 0 aliphatic carbocycles. The van der Waals surface area contributed by atoms with Gasteiger partial charge in [-0.25, -0.2) is 4.98 Å². The highest BCUT2D eigenvalue weighted by Crippen LogP contribution is 2.28. The van der Waals surface area contributed by atoms with E-state index in [1.165, 1.54) is 16.9 Å². The van der Waals surface area contributed by atoms with E-state index in [0.29, 0.717) is 35.2 Å². The van der Waals surface area contributed by atoms with Crippen LogP contribution >= 0.6 is 34.5 Å². The molecule has 4 aromatic rings. The zero-order chi connectivity index (χ0) is 22.3. The van der Waals surface area contributed by atoms with E-state index < -0.39 is 0 Å². The summed E-state index contributed by atoms with van der Waals surface area (Å²) in [6.45, 7) is 1.15. The van der Waals surface area contributed by atoms with Crippen LogP contribution in [-0.2, 0) is 19.4 Å². The van der Waals surface area contributed by atoms with Crippen LogP contribution in [0.1, 0.15) is 32.2 Å². The lowest BCUT2D eigenvalue weighted by molar-refractivity contribution is 0.0740. The fourth-order valence-electron chi connectivity index (χ4n) is 3.47. The van der Waals surface area contributed by atoms with Gasteiger partial charge < -0.3 is 4.90 Å². The molecule has 0 saturated heterocycles. The molecule has 32 heavy (non-hydrogen) atoms. The molecule has 0 N–H and O–H groups in total. The molecule has 6 heteroatoms. The number of amides is 1. The molecule has 3 nitrogen and oxygen atoms in total. The molecule has 0 unspecified atom stereocenters. The molecule has 3 aromatic carbocycles. The van der Waals surface area contributed by atoms with Gasteiger partial charge in [0.1, 0.15) is 5.69 Å². The van der Waals surface area contributed by atoms with Crippen LogP contribution in [-0.4, -0.2) is 22.3 Å². The highest BCUT2D eigenvalue weighted by molar-refractivity contribution is 7.09. The fraction of sp³-hybridized carbons (Fsp3) is 0.154. The van der Waals surface area contributed by atoms with Crippen LogP contribution in [0, 0.1) is 0 Å². The van der Waals surface area contributed by atoms with E-state index in [0.717, 1.165) is 22.6 Å². The van der Waals surface area contributed by atoms with Crippen molar-refractivity contribution < 1.29 is 4.79 Å². The average Bonchev–Trinajstić information content (AvgIpc) is 3.29. The second kappa shape index (κ2) is 10.8. The minimum absolute atomic E-state index is 0.0717. The molecule has 0 atom stereocenters. The van der Waals surface area contributed by atoms with Gasteiger partial charge in [0, 0.05) is 34.9 Å². The van der Waals surface area contributed by atoms with Crippen LogP contribution in [0.5, 0.6) is 0 Å². The van der Waals surface area contributed by atoms with E-state index in [1.54, 1.807) is 0 Å². The molecule has 1 heterocycles. The summed E-state index contributed by atoms with van der Waals surface area (Å²) < 4.78 is 0. The van der Waals surface area contributed by atoms with Crippen molar-refractivity contribution in [1.82, 2.24) is 9.88 Å². The van der Waals surface area contributed by atoms with Crippen LogP contribution in [0.4, 0.5) is 0 Å². The van der Waals surface area contributed by atoms with Gasteiger partial charge in [-0.15, -0.1) is 11.3 Å². The minimum Gasteiger partial charge on any atom is -0.333 e. The zero-order valence-electron chi connectivity index (χ0n) is 17.4. The first-order valence-corrected chi connectivity index (χ1v) is 12.0. The Morgan fingerprint density at radius 3 is 2.12 bits per heavy atom. The molecule has 1 amide bonds. The van der Waals surface area contributed by atoms with Gasteiger partial charge in [-0.3, -0.25) is 4.79 Å². The molecule has 4 rings (SSSR count). The van der Waals surface area contributed by atoms with Gasteiger partial charge in [-0.2, -0.15) is 0 Å². The summed E-state index contributed by atoms with van der Waals surface area (Å²) in [5.74, 6) is -0.0717. The molecular weight excluding hydrogens is 459 g/mol. The van der Waals surface area contributed by atoms with Gasteiger partial charge in [0.05, 0.1) is 5.01 Å². The summed E-state index contributed by atoms with van der Waals surface area (Å²) >= 11 is 14.1. The minimum atomic E-state index is -0.0717. The van der Waals surface area contributed by atoms with Gasteiger partial charge in [0.2, 0.25) is 0 Å². The quantitative estimate of drug-likeness (QED) is 0.274. The predicted octanol–water partition coefficient (Wildman–Crippen LogP) is 6.93. The number of benzene rings is 3. The molecular formula is C26H22Cl2N2OS. The van der Waals surface area contributed by atoms with Gasteiger partial charge in [0.15, 0.2) is 0 Å². The highest BCUT2D eigenvalue weighted by Gasteiger charge is 2.20. The topological polar surface area (TPSA) is 33.2 Å². The van der Waals surface area contributed by atoms with Crippen molar-refractivity contribution in [2.24, 2.45) is 0 Å². The number of hydrogen-bond donors (Lipinski definition) is 0. The monoisotopic (exact) mass is 480 g/mol. The lowest BCUT2D eigenvalue weighted by atomic mass is 10.1. The van der Waals surface area contributed by atoms with Crippen molar-refractivity contribution in [3.63, 3.8) is 0 Å². The van der Waals surface area contributed by atoms with Crippen molar-refractivity contribution in [3.05, 3.63) is 122 Å². The molecule has 0 spiro atoms. The zero-order valence-corrected chi connectivity index (χ0v) is 19.7. The van der Waals surface area contributed by atoms with Gasteiger partial charge in [-0.1, -0.05) is 89.9 Å². The molecule has 0 bridgehead atoms. The lowest BCUT2D eigenvalue weighted by Crippen LogP contribution is -2.32. The first kappa shape index (κ1) is 22.5. The number of carbonyl (C=O) groups excluding carboxylic acids is 1. The second-order valence-electron chi connectivity index (χ2n) is 7.45. The van der Waals surface area contributed by atoms with E-state index >= 15 is 0 Å². The summed E-state index contributed by atoms with van der Waals surface area (Å²) in [6.07, 6.45) is 1.28. The second-order valence-corrected chi connectivity index (χ2v) is 9.21. The molecule has 0 saturated carbocycles. The Kier molecular flexibility index (Phi) is 7.59. The maximum absolute atomic E-state index is 13.4. The van der Waals surface area contributed by atoms with Crippen molar-refractivity contribution in [2.45, 2.75) is 19.4 Å². The number of rotatable bonds is 8. The number of hydrogen-bond acceptors (Lipinski definition) is 3. The van der Waals surface area contributed by atoms with E-state index in [-0.39, 0.29) is 5.91 Å². The van der Waals surface area contributed by atoms with E-state index in [4.69, 9.17) is 23.2 Å². The molecule has 0 fully saturated rings. The summed E-state index contributed by atoms with van der Waals surface area (Å²) in [5.41, 5.74) is 3.57. The third-order valence-corrected chi connectivity index (χ3v) is 6.73. The van der Waals surface area contributed by atoms with E-state index in [2.05, 4.69) is 17.1 Å². The Hall–Kier alpha value is -2.66. The van der Waals surface area contributed by atoms with E-state index in [1.807, 2.05) is 77.0 Å². The Morgan fingerprint density at radius 2 is 1.47 bits per heavy atom. The standard InChI is InChI=1S/C26H22Cl2N2OS/c27-22-12-7-13-23(28)21(22)16-25-29-24(18-32-25)26(31)30(17-20-10-5-2-6-11-20)15-14-19-8-3-1-4-9-19/h1-13,18H,14-17H2. The maximum atomic E-state index is 13.4. The summed E-state index contributed by atoms with van der Waals surface area (Å²) in [6, 6.07) is 25.7. The number of aromatic nitrogens is 1. The number of nitrogens with zero attached hydrogens (tertiary/aromatic N) is 2. The molecule has 162 valence electrons. The molecule has 0 aliphatic heterocycles. The van der Waals surface area contributed by atoms with Crippen LogP contribution in [0.3, 0.4) is 0 Å². The first-order chi connectivity index (χ1) is 15.6. The third-order valence-electron chi connectivity index (χ3n) is 5.18. The Balaban J connectivity index is 1.52. The average molecular weight is 481 g/mol. The van der Waals surface area contributed by atoms with Crippen molar-refractivity contribution in [2.75, 3.05) is 6.54 Å². The Labute approximate surface area is 202 Å². The van der Waals surface area contributed by atoms with Crippen molar-refractivity contribution >= 4 is 40.4 Å². The van der Waals surface area contributed by atoms with Crippen molar-refractivity contribution in [3.8, 4) is 0 Å². The normalized spacial score (nSPS) is 10.8. The first-order valence-electron chi connectivity index (χ1n) is 10.3. The highest BCUT2D eigenvalue weighted by atomic mass is 35.5. The Morgan fingerprint density at radius 1 is 0.844 bits per heavy atom. The van der Waals surface area contributed by atoms with Crippen LogP contribution in [0.15, 0.2) is 84.2 Å². The SMILES string of the molecule is O=C(c1csc(Cc2c(Cl)cccc2Cl)n1)N(CCc1ccccc1)Cc1ccccc1. The fourth-order valence-corrected chi connectivity index (χ4v) is 4.78. The Bertz CT molecular complexity index is 1160. The maximum Gasteiger partial charge on any atom is 0.273 e. The predicted molar refractivity (Wildman–Crippen MR) is 133 cm³/mol. The van der Waals surface area contributed by atoms with Gasteiger partial charge >= 0.3 is 0 Å². The van der Waals surface area contributed by atoms with Crippen molar-refractivity contribution in [1.29, 1.82) is 0 Å². The third kappa shape index (κ3) is 5.77. The number of thiazole rings is 1. The van der Waals surface area contributed by atoms with Crippen LogP contribution in [0.25, 0.3) is 0 Å². The summed E-state index contributed by atoms with van der Waals surface area (Å²) in [5, 5.41) is 3.84. The lowest BCUT2D eigenvalue weighted by Gasteiger charge is -2.22. The van der Waals surface area contributed by atoms with Gasteiger partial charge in [0.25, 0.3) is 5.91 Å². The smallest absolute Gasteiger partial charge is 0.273 e.